The lowest BCUT2D eigenvalue weighted by molar-refractivity contribution is -0.0498. The number of hydrogen-bond donors (Lipinski definition) is 0. The minimum absolute atomic E-state index is 0.0315. The topological polar surface area (TPSA) is 66.9 Å². The van der Waals surface area contributed by atoms with E-state index in [0.717, 1.165) is 22.8 Å². The molecule has 0 saturated carbocycles. The lowest BCUT2D eigenvalue weighted by atomic mass is 10.2. The van der Waals surface area contributed by atoms with E-state index in [2.05, 4.69) is 4.74 Å². The summed E-state index contributed by atoms with van der Waals surface area (Å²) in [6.45, 7) is -1.84. The van der Waals surface area contributed by atoms with Gasteiger partial charge in [-0.25, -0.2) is 8.42 Å². The van der Waals surface area contributed by atoms with E-state index >= 15 is 0 Å². The summed E-state index contributed by atoms with van der Waals surface area (Å²) in [5.41, 5.74) is 0.705. The zero-order valence-corrected chi connectivity index (χ0v) is 18.0. The van der Waals surface area contributed by atoms with Crippen molar-refractivity contribution in [3.63, 3.8) is 0 Å². The van der Waals surface area contributed by atoms with Gasteiger partial charge in [0.15, 0.2) is 0 Å². The minimum atomic E-state index is -3.72. The SMILES string of the molecule is CN(Cc1ccc(OC(F)F)cc1)C(=O)c1sccc1S(=O)(=O)N1CCSCC1. The van der Waals surface area contributed by atoms with Crippen LogP contribution in [0.1, 0.15) is 15.2 Å². The molecule has 1 aromatic heterocycles. The Morgan fingerprint density at radius 2 is 1.86 bits per heavy atom. The lowest BCUT2D eigenvalue weighted by Crippen LogP contribution is -2.38. The fourth-order valence-corrected chi connectivity index (χ4v) is 6.84. The van der Waals surface area contributed by atoms with E-state index in [0.29, 0.717) is 18.7 Å². The van der Waals surface area contributed by atoms with E-state index in [1.807, 2.05) is 0 Å². The third-order valence-corrected chi connectivity index (χ3v) is 8.24. The molecule has 0 atom stereocenters. The average molecular weight is 463 g/mol. The molecule has 158 valence electrons. The molecule has 0 radical (unpaired) electrons. The normalized spacial score (nSPS) is 15.4. The Morgan fingerprint density at radius 1 is 1.21 bits per heavy atom. The van der Waals surface area contributed by atoms with Gasteiger partial charge in [-0.3, -0.25) is 4.79 Å². The number of ether oxygens (including phenoxy) is 1. The number of thiophene rings is 1. The van der Waals surface area contributed by atoms with Crippen LogP contribution in [0.15, 0.2) is 40.6 Å². The van der Waals surface area contributed by atoms with Crippen LogP contribution in [0.3, 0.4) is 0 Å². The number of sulfonamides is 1. The van der Waals surface area contributed by atoms with Gasteiger partial charge in [-0.2, -0.15) is 24.8 Å². The summed E-state index contributed by atoms with van der Waals surface area (Å²) in [4.78, 5) is 14.5. The van der Waals surface area contributed by atoms with Crippen molar-refractivity contribution < 1.29 is 26.7 Å². The van der Waals surface area contributed by atoms with E-state index in [4.69, 9.17) is 0 Å². The van der Waals surface area contributed by atoms with Gasteiger partial charge in [0.2, 0.25) is 10.0 Å². The maximum absolute atomic E-state index is 13.0. The highest BCUT2D eigenvalue weighted by molar-refractivity contribution is 7.99. The molecule has 1 aliphatic heterocycles. The molecule has 1 saturated heterocycles. The number of rotatable bonds is 7. The van der Waals surface area contributed by atoms with Crippen molar-refractivity contribution in [2.45, 2.75) is 18.1 Å². The first-order chi connectivity index (χ1) is 13.8. The van der Waals surface area contributed by atoms with Crippen molar-refractivity contribution in [1.82, 2.24) is 9.21 Å². The monoisotopic (exact) mass is 462 g/mol. The van der Waals surface area contributed by atoms with Gasteiger partial charge in [0.05, 0.1) is 0 Å². The standard InChI is InChI=1S/C18H20F2N2O4S3/c1-21(12-13-2-4-14(5-3-13)26-18(19)20)17(23)16-15(6-9-28-16)29(24,25)22-7-10-27-11-8-22/h2-6,9,18H,7-8,10-12H2,1H3. The fourth-order valence-electron chi connectivity index (χ4n) is 2.88. The van der Waals surface area contributed by atoms with Crippen molar-refractivity contribution in [3.8, 4) is 5.75 Å². The van der Waals surface area contributed by atoms with E-state index in [1.165, 1.54) is 27.4 Å². The van der Waals surface area contributed by atoms with E-state index in [9.17, 15) is 22.0 Å². The van der Waals surface area contributed by atoms with Crippen LogP contribution < -0.4 is 4.74 Å². The third-order valence-electron chi connectivity index (χ3n) is 4.33. The van der Waals surface area contributed by atoms with Crippen LogP contribution in [-0.4, -0.2) is 61.8 Å². The van der Waals surface area contributed by atoms with E-state index in [-0.39, 0.29) is 22.1 Å². The molecule has 1 amide bonds. The number of nitrogens with zero attached hydrogens (tertiary/aromatic N) is 2. The summed E-state index contributed by atoms with van der Waals surface area (Å²) in [5.74, 6) is 1.09. The number of halogens is 2. The molecular weight excluding hydrogens is 442 g/mol. The molecule has 11 heteroatoms. The Hall–Kier alpha value is -1.69. The number of thioether (sulfide) groups is 1. The Labute approximate surface area is 176 Å². The summed E-state index contributed by atoms with van der Waals surface area (Å²) in [6.07, 6.45) is 0. The highest BCUT2D eigenvalue weighted by Crippen LogP contribution is 2.28. The van der Waals surface area contributed by atoms with Gasteiger partial charge < -0.3 is 9.64 Å². The number of carbonyl (C=O) groups excluding carboxylic acids is 1. The van der Waals surface area contributed by atoms with Crippen molar-refractivity contribution in [2.75, 3.05) is 31.6 Å². The smallest absolute Gasteiger partial charge is 0.387 e. The second kappa shape index (κ2) is 9.41. The van der Waals surface area contributed by atoms with Gasteiger partial charge in [0.1, 0.15) is 15.5 Å². The summed E-state index contributed by atoms with van der Waals surface area (Å²) in [5, 5.41) is 1.60. The Balaban J connectivity index is 1.73. The van der Waals surface area contributed by atoms with Gasteiger partial charge in [-0.1, -0.05) is 12.1 Å². The Bertz CT molecular complexity index is 942. The Morgan fingerprint density at radius 3 is 2.48 bits per heavy atom. The number of alkyl halides is 2. The highest BCUT2D eigenvalue weighted by Gasteiger charge is 2.32. The second-order valence-corrected chi connectivity index (χ2v) is 10.4. The first kappa shape index (κ1) is 22.0. The lowest BCUT2D eigenvalue weighted by Gasteiger charge is -2.26. The highest BCUT2D eigenvalue weighted by atomic mass is 32.2. The molecule has 0 spiro atoms. The molecular formula is C18H20F2N2O4S3. The van der Waals surface area contributed by atoms with Gasteiger partial charge in [0.25, 0.3) is 5.91 Å². The van der Waals surface area contributed by atoms with Crippen LogP contribution >= 0.6 is 23.1 Å². The van der Waals surface area contributed by atoms with Crippen molar-refractivity contribution in [2.24, 2.45) is 0 Å². The molecule has 2 aromatic rings. The maximum Gasteiger partial charge on any atom is 0.387 e. The number of benzene rings is 1. The summed E-state index contributed by atoms with van der Waals surface area (Å²) >= 11 is 2.79. The molecule has 0 aliphatic carbocycles. The molecule has 6 nitrogen and oxygen atoms in total. The summed E-state index contributed by atoms with van der Waals surface area (Å²) < 4.78 is 56.1. The molecule has 2 heterocycles. The van der Waals surface area contributed by atoms with E-state index in [1.54, 1.807) is 36.3 Å². The first-order valence-corrected chi connectivity index (χ1v) is 12.2. The predicted octanol–water partition coefficient (Wildman–Crippen LogP) is 3.36. The first-order valence-electron chi connectivity index (χ1n) is 8.73. The largest absolute Gasteiger partial charge is 0.435 e. The van der Waals surface area contributed by atoms with Crippen molar-refractivity contribution >= 4 is 39.0 Å². The molecule has 0 unspecified atom stereocenters. The van der Waals surface area contributed by atoms with Crippen molar-refractivity contribution in [1.29, 1.82) is 0 Å². The zero-order chi connectivity index (χ0) is 21.0. The van der Waals surface area contributed by atoms with Crippen LogP contribution in [0, 0.1) is 0 Å². The van der Waals surface area contributed by atoms with Crippen LogP contribution in [0.2, 0.25) is 0 Å². The molecule has 0 bridgehead atoms. The van der Waals surface area contributed by atoms with Crippen molar-refractivity contribution in [3.05, 3.63) is 46.2 Å². The van der Waals surface area contributed by atoms with Gasteiger partial charge in [-0.15, -0.1) is 11.3 Å². The number of carbonyl (C=O) groups is 1. The predicted molar refractivity (Wildman–Crippen MR) is 109 cm³/mol. The minimum Gasteiger partial charge on any atom is -0.435 e. The van der Waals surface area contributed by atoms with Gasteiger partial charge in [0, 0.05) is 38.2 Å². The van der Waals surface area contributed by atoms with Crippen LogP contribution in [0.4, 0.5) is 8.78 Å². The molecule has 1 aromatic carbocycles. The van der Waals surface area contributed by atoms with Gasteiger partial charge in [-0.05, 0) is 29.1 Å². The van der Waals surface area contributed by atoms with Crippen LogP contribution in [0.5, 0.6) is 5.75 Å². The summed E-state index contributed by atoms with van der Waals surface area (Å²) in [7, 11) is -2.15. The zero-order valence-electron chi connectivity index (χ0n) is 15.6. The molecule has 1 aliphatic rings. The quantitative estimate of drug-likeness (QED) is 0.631. The molecule has 3 rings (SSSR count). The Kier molecular flexibility index (Phi) is 7.14. The molecule has 29 heavy (non-hydrogen) atoms. The van der Waals surface area contributed by atoms with Crippen LogP contribution in [0.25, 0.3) is 0 Å². The number of amides is 1. The fraction of sp³-hybridized carbons (Fsp3) is 0.389. The summed E-state index contributed by atoms with van der Waals surface area (Å²) in [6, 6.07) is 7.43. The third kappa shape index (κ3) is 5.27. The van der Waals surface area contributed by atoms with Gasteiger partial charge >= 0.3 is 6.61 Å². The second-order valence-electron chi connectivity index (χ2n) is 6.31. The molecule has 0 N–H and O–H groups in total. The van der Waals surface area contributed by atoms with Crippen LogP contribution in [-0.2, 0) is 16.6 Å². The average Bonchev–Trinajstić information content (AvgIpc) is 3.20. The molecule has 1 fully saturated rings. The number of hydrogen-bond acceptors (Lipinski definition) is 6. The maximum atomic E-state index is 13.0. The van der Waals surface area contributed by atoms with E-state index < -0.39 is 22.5 Å².